The summed E-state index contributed by atoms with van der Waals surface area (Å²) in [6.45, 7) is 1.93. The van der Waals surface area contributed by atoms with Crippen LogP contribution in [0.15, 0.2) is 85.8 Å². The Morgan fingerprint density at radius 2 is 1.87 bits per heavy atom. The molecule has 39 heavy (non-hydrogen) atoms. The normalized spacial score (nSPS) is 11.3. The van der Waals surface area contributed by atoms with Crippen molar-refractivity contribution in [1.29, 1.82) is 0 Å². The molecule has 0 spiro atoms. The lowest BCUT2D eigenvalue weighted by atomic mass is 10.1. The van der Waals surface area contributed by atoms with Crippen LogP contribution in [0.25, 0.3) is 50.5 Å². The highest BCUT2D eigenvalue weighted by Crippen LogP contribution is 2.30. The molecular formula is C28H20N10O. The Kier molecular flexibility index (Phi) is 5.18. The molecule has 0 aliphatic carbocycles. The first-order valence-corrected chi connectivity index (χ1v) is 12.1. The third-order valence-corrected chi connectivity index (χ3v) is 6.34. The molecule has 0 unspecified atom stereocenters. The van der Waals surface area contributed by atoms with Crippen LogP contribution in [0.1, 0.15) is 16.1 Å². The first-order chi connectivity index (χ1) is 19.1. The van der Waals surface area contributed by atoms with Crippen LogP contribution in [0.5, 0.6) is 0 Å². The third-order valence-electron chi connectivity index (χ3n) is 6.34. The SMILES string of the molecule is Cc1cn(-c2nccc3[nH]c(-c4n[nH]c5cnc(-c6cncc(NC(=O)c7ccccc7)c6)cc45)nc23)cn1. The molecule has 0 aliphatic rings. The number of hydrogen-bond donors (Lipinski definition) is 3. The molecule has 0 aliphatic heterocycles. The van der Waals surface area contributed by atoms with Gasteiger partial charge in [0, 0.05) is 35.1 Å². The monoisotopic (exact) mass is 512 g/mol. The highest BCUT2D eigenvalue weighted by Gasteiger charge is 2.17. The summed E-state index contributed by atoms with van der Waals surface area (Å²) in [6, 6.07) is 14.7. The van der Waals surface area contributed by atoms with E-state index >= 15 is 0 Å². The van der Waals surface area contributed by atoms with Crippen molar-refractivity contribution in [1.82, 2.24) is 44.7 Å². The Hall–Kier alpha value is -5.71. The van der Waals surface area contributed by atoms with E-state index in [1.807, 2.05) is 54.1 Å². The fourth-order valence-corrected chi connectivity index (χ4v) is 4.46. The number of aromatic nitrogens is 9. The van der Waals surface area contributed by atoms with Crippen molar-refractivity contribution in [2.45, 2.75) is 6.92 Å². The van der Waals surface area contributed by atoms with Gasteiger partial charge in [-0.2, -0.15) is 5.10 Å². The number of carbonyl (C=O) groups is 1. The summed E-state index contributed by atoms with van der Waals surface area (Å²) in [6.07, 6.45) is 10.4. The lowest BCUT2D eigenvalue weighted by molar-refractivity contribution is 0.102. The summed E-state index contributed by atoms with van der Waals surface area (Å²) in [5.74, 6) is 1.07. The summed E-state index contributed by atoms with van der Waals surface area (Å²) in [4.78, 5) is 38.5. The van der Waals surface area contributed by atoms with Gasteiger partial charge >= 0.3 is 0 Å². The standard InChI is InChI=1S/C28H20N10O/c1-16-14-38(15-32-16)27-25-21(7-8-30-27)34-26(35-25)24-20-10-22(31-13-23(20)36-37-24)18-9-19(12-29-11-18)33-28(39)17-5-3-2-4-6-17/h2-15H,1H3,(H,33,39)(H,34,35)(H,36,37). The maximum Gasteiger partial charge on any atom is 0.255 e. The van der Waals surface area contributed by atoms with Gasteiger partial charge in [0.1, 0.15) is 17.5 Å². The lowest BCUT2D eigenvalue weighted by Gasteiger charge is -2.07. The molecule has 0 fully saturated rings. The van der Waals surface area contributed by atoms with Crippen LogP contribution in [-0.2, 0) is 0 Å². The summed E-state index contributed by atoms with van der Waals surface area (Å²) in [5, 5.41) is 11.3. The quantitative estimate of drug-likeness (QED) is 0.303. The van der Waals surface area contributed by atoms with E-state index in [0.29, 0.717) is 39.8 Å². The van der Waals surface area contributed by atoms with Gasteiger partial charge in [-0.25, -0.2) is 15.0 Å². The van der Waals surface area contributed by atoms with E-state index < -0.39 is 0 Å². The molecule has 0 bridgehead atoms. The predicted octanol–water partition coefficient (Wildman–Crippen LogP) is 4.70. The molecule has 1 aromatic carbocycles. The number of anilines is 1. The second kappa shape index (κ2) is 8.99. The van der Waals surface area contributed by atoms with Crippen LogP contribution in [0.2, 0.25) is 0 Å². The van der Waals surface area contributed by atoms with Gasteiger partial charge in [-0.1, -0.05) is 18.2 Å². The maximum absolute atomic E-state index is 12.6. The minimum absolute atomic E-state index is 0.209. The van der Waals surface area contributed by atoms with Crippen molar-refractivity contribution >= 4 is 33.5 Å². The number of nitrogens with zero attached hydrogens (tertiary/aromatic N) is 7. The lowest BCUT2D eigenvalue weighted by Crippen LogP contribution is -2.11. The van der Waals surface area contributed by atoms with Crippen molar-refractivity contribution in [2.24, 2.45) is 0 Å². The maximum atomic E-state index is 12.6. The van der Waals surface area contributed by atoms with Gasteiger partial charge in [0.05, 0.1) is 40.5 Å². The van der Waals surface area contributed by atoms with Crippen LogP contribution in [-0.4, -0.2) is 50.6 Å². The minimum atomic E-state index is -0.209. The largest absolute Gasteiger partial charge is 0.336 e. The molecule has 0 radical (unpaired) electrons. The molecule has 11 heteroatoms. The molecule has 0 saturated heterocycles. The molecule has 7 rings (SSSR count). The number of pyridine rings is 3. The molecule has 6 aromatic heterocycles. The highest BCUT2D eigenvalue weighted by atomic mass is 16.1. The number of fused-ring (bicyclic) bond motifs is 2. The summed E-state index contributed by atoms with van der Waals surface area (Å²) in [7, 11) is 0. The molecule has 188 valence electrons. The van der Waals surface area contributed by atoms with E-state index in [2.05, 4.69) is 40.4 Å². The van der Waals surface area contributed by atoms with Crippen molar-refractivity contribution in [2.75, 3.05) is 5.32 Å². The van der Waals surface area contributed by atoms with E-state index in [9.17, 15) is 4.79 Å². The molecule has 0 atom stereocenters. The number of nitrogens with one attached hydrogen (secondary N) is 3. The van der Waals surface area contributed by atoms with Crippen molar-refractivity contribution in [3.05, 3.63) is 97.1 Å². The minimum Gasteiger partial charge on any atom is -0.336 e. The zero-order chi connectivity index (χ0) is 26.3. The van der Waals surface area contributed by atoms with Crippen LogP contribution >= 0.6 is 0 Å². The molecular weight excluding hydrogens is 492 g/mol. The summed E-state index contributed by atoms with van der Waals surface area (Å²) in [5.41, 5.74) is 6.42. The van der Waals surface area contributed by atoms with E-state index in [1.54, 1.807) is 43.2 Å². The van der Waals surface area contributed by atoms with Gasteiger partial charge < -0.3 is 10.3 Å². The van der Waals surface area contributed by atoms with Crippen LogP contribution in [0.3, 0.4) is 0 Å². The molecule has 3 N–H and O–H groups in total. The molecule has 1 amide bonds. The van der Waals surface area contributed by atoms with Gasteiger partial charge in [-0.05, 0) is 37.3 Å². The first kappa shape index (κ1) is 22.5. The summed E-state index contributed by atoms with van der Waals surface area (Å²) < 4.78 is 1.85. The Morgan fingerprint density at radius 3 is 2.72 bits per heavy atom. The Morgan fingerprint density at radius 1 is 0.974 bits per heavy atom. The number of benzene rings is 1. The average Bonchev–Trinajstić information content (AvgIpc) is 3.71. The predicted molar refractivity (Wildman–Crippen MR) is 146 cm³/mol. The fraction of sp³-hybridized carbons (Fsp3) is 0.0357. The molecule has 6 heterocycles. The zero-order valence-electron chi connectivity index (χ0n) is 20.6. The number of amides is 1. The van der Waals surface area contributed by atoms with Gasteiger partial charge in [0.15, 0.2) is 11.6 Å². The number of aryl methyl sites for hydroxylation is 1. The van der Waals surface area contributed by atoms with Crippen molar-refractivity contribution < 1.29 is 4.79 Å². The number of carbonyl (C=O) groups excluding carboxylic acids is 1. The molecule has 7 aromatic rings. The highest BCUT2D eigenvalue weighted by molar-refractivity contribution is 6.04. The second-order valence-electron chi connectivity index (χ2n) is 9.01. The van der Waals surface area contributed by atoms with E-state index in [0.717, 1.165) is 27.7 Å². The zero-order valence-corrected chi connectivity index (χ0v) is 20.6. The van der Waals surface area contributed by atoms with E-state index in [4.69, 9.17) is 4.98 Å². The van der Waals surface area contributed by atoms with Crippen molar-refractivity contribution in [3.63, 3.8) is 0 Å². The second-order valence-corrected chi connectivity index (χ2v) is 9.01. The van der Waals surface area contributed by atoms with Gasteiger partial charge in [-0.15, -0.1) is 0 Å². The first-order valence-electron chi connectivity index (χ1n) is 12.1. The third kappa shape index (κ3) is 4.07. The number of rotatable bonds is 5. The van der Waals surface area contributed by atoms with E-state index in [-0.39, 0.29) is 5.91 Å². The van der Waals surface area contributed by atoms with E-state index in [1.165, 1.54) is 0 Å². The van der Waals surface area contributed by atoms with Crippen LogP contribution < -0.4 is 5.32 Å². The van der Waals surface area contributed by atoms with Gasteiger partial charge in [-0.3, -0.25) is 24.4 Å². The van der Waals surface area contributed by atoms with Gasteiger partial charge in [0.2, 0.25) is 0 Å². The van der Waals surface area contributed by atoms with Crippen LogP contribution in [0, 0.1) is 6.92 Å². The number of imidazole rings is 2. The van der Waals surface area contributed by atoms with Gasteiger partial charge in [0.25, 0.3) is 5.91 Å². The fourth-order valence-electron chi connectivity index (χ4n) is 4.46. The number of aromatic amines is 2. The van der Waals surface area contributed by atoms with Crippen LogP contribution in [0.4, 0.5) is 5.69 Å². The van der Waals surface area contributed by atoms with Crippen molar-refractivity contribution in [3.8, 4) is 28.6 Å². The topological polar surface area (TPSA) is 143 Å². The summed E-state index contributed by atoms with van der Waals surface area (Å²) >= 11 is 0. The Labute approximate surface area is 221 Å². The number of H-pyrrole nitrogens is 2. The molecule has 11 nitrogen and oxygen atoms in total. The average molecular weight is 513 g/mol. The Bertz CT molecular complexity index is 1990. The number of hydrogen-bond acceptors (Lipinski definition) is 7. The Balaban J connectivity index is 1.25. The molecule has 0 saturated carbocycles. The smallest absolute Gasteiger partial charge is 0.255 e.